The number of aliphatic carboxylic acids is 1. The van der Waals surface area contributed by atoms with Gasteiger partial charge < -0.3 is 9.84 Å². The Bertz CT molecular complexity index is 660. The number of carbonyl (C=O) groups excluding carboxylic acids is 1. The Morgan fingerprint density at radius 1 is 1.09 bits per heavy atom. The molecule has 0 unspecified atom stereocenters. The highest BCUT2D eigenvalue weighted by Gasteiger charge is 2.20. The topological polar surface area (TPSA) is 66.8 Å². The molecular weight excluding hydrogens is 306 g/mol. The van der Waals surface area contributed by atoms with Crippen molar-refractivity contribution in [3.8, 4) is 0 Å². The number of carboxylic acids is 1. The zero-order chi connectivity index (χ0) is 15.9. The van der Waals surface area contributed by atoms with E-state index in [1.54, 1.807) is 18.2 Å². The second-order valence-corrected chi connectivity index (χ2v) is 4.94. The predicted molar refractivity (Wildman–Crippen MR) is 83.1 cm³/mol. The van der Waals surface area contributed by atoms with E-state index in [-0.39, 0.29) is 6.61 Å². The molecule has 0 aliphatic rings. The molecule has 0 saturated carbocycles. The molecule has 0 aliphatic carbocycles. The highest BCUT2D eigenvalue weighted by Crippen LogP contribution is 2.20. The highest BCUT2D eigenvalue weighted by atomic mass is 35.5. The van der Waals surface area contributed by atoms with Crippen LogP contribution < -0.4 is 4.90 Å². The van der Waals surface area contributed by atoms with Crippen molar-refractivity contribution >= 4 is 29.4 Å². The monoisotopic (exact) mass is 319 g/mol. The van der Waals surface area contributed by atoms with Crippen LogP contribution in [0.2, 0.25) is 5.02 Å². The van der Waals surface area contributed by atoms with Gasteiger partial charge in [-0.2, -0.15) is 0 Å². The number of halogens is 1. The lowest BCUT2D eigenvalue weighted by Gasteiger charge is -2.20. The molecule has 0 saturated heterocycles. The normalized spacial score (nSPS) is 10.0. The molecule has 1 amide bonds. The van der Waals surface area contributed by atoms with Gasteiger partial charge in [0.15, 0.2) is 0 Å². The van der Waals surface area contributed by atoms with Gasteiger partial charge in [-0.15, -0.1) is 0 Å². The Kier molecular flexibility index (Phi) is 5.38. The van der Waals surface area contributed by atoms with Crippen LogP contribution in [0.3, 0.4) is 0 Å². The number of carboxylic acid groups (broad SMARTS) is 1. The molecule has 0 heterocycles. The Hall–Kier alpha value is -2.53. The minimum absolute atomic E-state index is 0.0658. The lowest BCUT2D eigenvalue weighted by Crippen LogP contribution is -2.36. The van der Waals surface area contributed by atoms with E-state index >= 15 is 0 Å². The Labute approximate surface area is 132 Å². The third-order valence-corrected chi connectivity index (χ3v) is 3.07. The predicted octanol–water partition coefficient (Wildman–Crippen LogP) is 3.57. The first kappa shape index (κ1) is 15.9. The Morgan fingerprint density at radius 3 is 2.45 bits per heavy atom. The van der Waals surface area contributed by atoms with Crippen LogP contribution in [0, 0.1) is 0 Å². The first-order valence-electron chi connectivity index (χ1n) is 6.52. The number of rotatable bonds is 5. The van der Waals surface area contributed by atoms with E-state index in [2.05, 4.69) is 0 Å². The van der Waals surface area contributed by atoms with Crippen molar-refractivity contribution in [3.63, 3.8) is 0 Å². The molecule has 1 N–H and O–H groups in total. The van der Waals surface area contributed by atoms with Crippen LogP contribution in [0.4, 0.5) is 10.5 Å². The van der Waals surface area contributed by atoms with Crippen molar-refractivity contribution in [1.82, 2.24) is 0 Å². The van der Waals surface area contributed by atoms with Crippen molar-refractivity contribution in [2.45, 2.75) is 6.61 Å². The zero-order valence-corrected chi connectivity index (χ0v) is 12.4. The number of nitrogens with zero attached hydrogens (tertiary/aromatic N) is 1. The zero-order valence-electron chi connectivity index (χ0n) is 11.6. The van der Waals surface area contributed by atoms with Gasteiger partial charge >= 0.3 is 12.1 Å². The van der Waals surface area contributed by atoms with E-state index in [1.807, 2.05) is 30.3 Å². The fraction of sp³-hybridized carbons (Fsp3) is 0.125. The number of carbonyl (C=O) groups is 2. The van der Waals surface area contributed by atoms with Gasteiger partial charge in [-0.05, 0) is 23.8 Å². The maximum Gasteiger partial charge on any atom is 0.415 e. The van der Waals surface area contributed by atoms with Crippen LogP contribution in [0.15, 0.2) is 54.6 Å². The summed E-state index contributed by atoms with van der Waals surface area (Å²) in [5.74, 6) is -1.14. The number of anilines is 1. The maximum atomic E-state index is 12.2. The molecule has 0 spiro atoms. The fourth-order valence-electron chi connectivity index (χ4n) is 1.84. The van der Waals surface area contributed by atoms with Crippen LogP contribution in [-0.4, -0.2) is 23.7 Å². The van der Waals surface area contributed by atoms with Crippen LogP contribution in [-0.2, 0) is 16.1 Å². The summed E-state index contributed by atoms with van der Waals surface area (Å²) in [6.07, 6.45) is -0.742. The summed E-state index contributed by atoms with van der Waals surface area (Å²) in [7, 11) is 0. The molecule has 0 atom stereocenters. The van der Waals surface area contributed by atoms with Gasteiger partial charge in [-0.1, -0.05) is 48.0 Å². The molecule has 2 aromatic rings. The van der Waals surface area contributed by atoms with Gasteiger partial charge in [0.2, 0.25) is 0 Å². The molecule has 5 nitrogen and oxygen atoms in total. The van der Waals surface area contributed by atoms with E-state index in [4.69, 9.17) is 21.4 Å². The third kappa shape index (κ3) is 4.49. The third-order valence-electron chi connectivity index (χ3n) is 2.84. The Balaban J connectivity index is 2.11. The van der Waals surface area contributed by atoms with Gasteiger partial charge in [-0.25, -0.2) is 4.79 Å². The molecule has 22 heavy (non-hydrogen) atoms. The summed E-state index contributed by atoms with van der Waals surface area (Å²) in [5.41, 5.74) is 1.19. The second kappa shape index (κ2) is 7.47. The molecule has 2 rings (SSSR count). The van der Waals surface area contributed by atoms with Crippen LogP contribution in [0.1, 0.15) is 5.56 Å². The molecule has 0 bridgehead atoms. The summed E-state index contributed by atoms with van der Waals surface area (Å²) in [6, 6.07) is 15.5. The summed E-state index contributed by atoms with van der Waals surface area (Å²) in [4.78, 5) is 24.2. The number of amides is 1. The molecular formula is C16H14ClNO4. The van der Waals surface area contributed by atoms with Gasteiger partial charge in [0, 0.05) is 10.7 Å². The summed E-state index contributed by atoms with van der Waals surface area (Å²) in [5, 5.41) is 9.37. The molecule has 0 aliphatic heterocycles. The largest absolute Gasteiger partial charge is 0.480 e. The molecule has 0 aromatic heterocycles. The number of hydrogen-bond donors (Lipinski definition) is 1. The molecule has 0 fully saturated rings. The lowest BCUT2D eigenvalue weighted by atomic mass is 10.2. The van der Waals surface area contributed by atoms with E-state index in [1.165, 1.54) is 6.07 Å². The van der Waals surface area contributed by atoms with Gasteiger partial charge in [0.1, 0.15) is 13.2 Å². The van der Waals surface area contributed by atoms with E-state index in [0.29, 0.717) is 10.7 Å². The molecule has 6 heteroatoms. The average molecular weight is 320 g/mol. The summed E-state index contributed by atoms with van der Waals surface area (Å²) in [6.45, 7) is -0.440. The maximum absolute atomic E-state index is 12.2. The standard InChI is InChI=1S/C16H14ClNO4/c17-13-7-4-8-14(9-13)18(10-15(19)20)16(21)22-11-12-5-2-1-3-6-12/h1-9H,10-11H2,(H,19,20). The van der Waals surface area contributed by atoms with E-state index < -0.39 is 18.6 Å². The minimum Gasteiger partial charge on any atom is -0.480 e. The van der Waals surface area contributed by atoms with Crippen molar-refractivity contribution < 1.29 is 19.4 Å². The van der Waals surface area contributed by atoms with E-state index in [9.17, 15) is 9.59 Å². The first-order valence-corrected chi connectivity index (χ1v) is 6.89. The number of benzene rings is 2. The SMILES string of the molecule is O=C(O)CN(C(=O)OCc1ccccc1)c1cccc(Cl)c1. The first-order chi connectivity index (χ1) is 10.6. The second-order valence-electron chi connectivity index (χ2n) is 4.50. The van der Waals surface area contributed by atoms with Gasteiger partial charge in [0.05, 0.1) is 0 Å². The highest BCUT2D eigenvalue weighted by molar-refractivity contribution is 6.30. The molecule has 114 valence electrons. The van der Waals surface area contributed by atoms with Crippen molar-refractivity contribution in [1.29, 1.82) is 0 Å². The van der Waals surface area contributed by atoms with Crippen molar-refractivity contribution in [2.75, 3.05) is 11.4 Å². The van der Waals surface area contributed by atoms with Crippen molar-refractivity contribution in [2.24, 2.45) is 0 Å². The number of hydrogen-bond acceptors (Lipinski definition) is 3. The smallest absolute Gasteiger partial charge is 0.415 e. The van der Waals surface area contributed by atoms with Gasteiger partial charge in [0.25, 0.3) is 0 Å². The molecule has 2 aromatic carbocycles. The number of ether oxygens (including phenoxy) is 1. The average Bonchev–Trinajstić information content (AvgIpc) is 2.51. The van der Waals surface area contributed by atoms with Gasteiger partial charge in [-0.3, -0.25) is 9.69 Å². The molecule has 0 radical (unpaired) electrons. The summed E-state index contributed by atoms with van der Waals surface area (Å²) < 4.78 is 5.17. The quantitative estimate of drug-likeness (QED) is 0.915. The Morgan fingerprint density at radius 2 is 1.82 bits per heavy atom. The lowest BCUT2D eigenvalue weighted by molar-refractivity contribution is -0.135. The van der Waals surface area contributed by atoms with Crippen LogP contribution >= 0.6 is 11.6 Å². The van der Waals surface area contributed by atoms with Crippen LogP contribution in [0.5, 0.6) is 0 Å². The summed E-state index contributed by atoms with van der Waals surface area (Å²) >= 11 is 5.88. The fourth-order valence-corrected chi connectivity index (χ4v) is 2.02. The van der Waals surface area contributed by atoms with E-state index in [0.717, 1.165) is 10.5 Å². The van der Waals surface area contributed by atoms with Crippen LogP contribution in [0.25, 0.3) is 0 Å². The minimum atomic E-state index is -1.14. The van der Waals surface area contributed by atoms with Crippen molar-refractivity contribution in [3.05, 3.63) is 65.2 Å².